The zero-order chi connectivity index (χ0) is 20.1. The van der Waals surface area contributed by atoms with Crippen LogP contribution in [0.1, 0.15) is 15.9 Å². The maximum atomic E-state index is 12.8. The van der Waals surface area contributed by atoms with Gasteiger partial charge in [-0.1, -0.05) is 12.1 Å². The molecule has 1 amide bonds. The van der Waals surface area contributed by atoms with E-state index in [4.69, 9.17) is 5.73 Å². The standard InChI is InChI=1S/C18H16F3N5O2/c19-18(20,21)11-5-7-12(8-6-11)25-17(28)15-24(10-9-22)16(27)13-3-1-2-4-14(13)26(15)23-25/h1-8,23,28H,9-10,22H2. The second kappa shape index (κ2) is 6.43. The Morgan fingerprint density at radius 3 is 2.36 bits per heavy atom. The molecular formula is C18H16F3N5O2. The van der Waals surface area contributed by atoms with E-state index in [0.29, 0.717) is 11.3 Å². The number of carbonyl (C=O) groups is 1. The lowest BCUT2D eigenvalue weighted by Crippen LogP contribution is -2.50. The van der Waals surface area contributed by atoms with E-state index < -0.39 is 11.7 Å². The van der Waals surface area contributed by atoms with Crippen LogP contribution in [-0.4, -0.2) is 29.0 Å². The van der Waals surface area contributed by atoms with Gasteiger partial charge in [-0.25, -0.2) is 10.0 Å². The minimum atomic E-state index is -4.46. The molecule has 0 atom stereocenters. The van der Waals surface area contributed by atoms with Gasteiger partial charge in [-0.05, 0) is 36.4 Å². The van der Waals surface area contributed by atoms with Crippen LogP contribution in [0.15, 0.2) is 60.2 Å². The first-order valence-corrected chi connectivity index (χ1v) is 8.41. The minimum Gasteiger partial charge on any atom is -0.491 e. The van der Waals surface area contributed by atoms with Gasteiger partial charge >= 0.3 is 6.18 Å². The lowest BCUT2D eigenvalue weighted by molar-refractivity contribution is -0.137. The third kappa shape index (κ3) is 2.74. The van der Waals surface area contributed by atoms with Gasteiger partial charge in [0, 0.05) is 13.1 Å². The normalized spacial score (nSPS) is 16.6. The average Bonchev–Trinajstić information content (AvgIpc) is 3.02. The maximum absolute atomic E-state index is 12.8. The van der Waals surface area contributed by atoms with Gasteiger partial charge in [-0.15, -0.1) is 5.53 Å². The monoisotopic (exact) mass is 391 g/mol. The van der Waals surface area contributed by atoms with Gasteiger partial charge in [0.1, 0.15) is 0 Å². The molecule has 0 unspecified atom stereocenters. The lowest BCUT2D eigenvalue weighted by atomic mass is 10.1. The summed E-state index contributed by atoms with van der Waals surface area (Å²) >= 11 is 0. The van der Waals surface area contributed by atoms with Crippen LogP contribution in [0.3, 0.4) is 0 Å². The molecule has 0 spiro atoms. The Morgan fingerprint density at radius 2 is 1.71 bits per heavy atom. The van der Waals surface area contributed by atoms with E-state index in [2.05, 4.69) is 5.53 Å². The number of carbonyl (C=O) groups excluding carboxylic acids is 1. The van der Waals surface area contributed by atoms with Crippen molar-refractivity contribution < 1.29 is 23.1 Å². The molecule has 2 heterocycles. The van der Waals surface area contributed by atoms with E-state index in [-0.39, 0.29) is 36.4 Å². The molecule has 0 saturated carbocycles. The molecule has 0 radical (unpaired) electrons. The predicted molar refractivity (Wildman–Crippen MR) is 95.7 cm³/mol. The molecule has 146 valence electrons. The number of halogens is 3. The first-order chi connectivity index (χ1) is 13.3. The molecule has 2 aliphatic rings. The number of hydrazine groups is 2. The van der Waals surface area contributed by atoms with E-state index in [0.717, 1.165) is 12.1 Å². The van der Waals surface area contributed by atoms with Crippen LogP contribution >= 0.6 is 0 Å². The molecule has 0 bridgehead atoms. The van der Waals surface area contributed by atoms with Crippen LogP contribution in [0.25, 0.3) is 0 Å². The van der Waals surface area contributed by atoms with Crippen molar-refractivity contribution in [3.63, 3.8) is 0 Å². The van der Waals surface area contributed by atoms with Crippen molar-refractivity contribution in [1.82, 2.24) is 10.4 Å². The Balaban J connectivity index is 1.77. The number of fused-ring (bicyclic) bond motifs is 3. The van der Waals surface area contributed by atoms with Gasteiger partial charge in [-0.2, -0.15) is 13.2 Å². The van der Waals surface area contributed by atoms with E-state index in [1.54, 1.807) is 24.3 Å². The number of amides is 1. The van der Waals surface area contributed by atoms with Gasteiger partial charge in [0.25, 0.3) is 11.8 Å². The lowest BCUT2D eigenvalue weighted by Gasteiger charge is -2.35. The van der Waals surface area contributed by atoms with E-state index >= 15 is 0 Å². The van der Waals surface area contributed by atoms with E-state index in [1.165, 1.54) is 27.1 Å². The molecule has 4 rings (SSSR count). The van der Waals surface area contributed by atoms with Crippen LogP contribution in [0.2, 0.25) is 0 Å². The van der Waals surface area contributed by atoms with Crippen LogP contribution in [0.4, 0.5) is 24.5 Å². The topological polar surface area (TPSA) is 85.1 Å². The van der Waals surface area contributed by atoms with Crippen molar-refractivity contribution in [2.45, 2.75) is 6.18 Å². The second-order valence-electron chi connectivity index (χ2n) is 6.23. The Hall–Kier alpha value is -3.24. The number of nitrogens with two attached hydrogens (primary N) is 1. The first-order valence-electron chi connectivity index (χ1n) is 8.41. The zero-order valence-corrected chi connectivity index (χ0v) is 14.4. The molecule has 4 N–H and O–H groups in total. The van der Waals surface area contributed by atoms with E-state index in [9.17, 15) is 23.1 Å². The molecule has 2 aromatic rings. The van der Waals surface area contributed by atoms with Crippen molar-refractivity contribution in [2.75, 3.05) is 23.1 Å². The first kappa shape index (κ1) is 18.1. The van der Waals surface area contributed by atoms with E-state index in [1.807, 2.05) is 0 Å². The van der Waals surface area contributed by atoms with Gasteiger partial charge in [0.05, 0.1) is 22.5 Å². The average molecular weight is 391 g/mol. The van der Waals surface area contributed by atoms with Crippen molar-refractivity contribution in [1.29, 1.82) is 0 Å². The van der Waals surface area contributed by atoms with Gasteiger partial charge in [-0.3, -0.25) is 9.69 Å². The van der Waals surface area contributed by atoms with Crippen LogP contribution in [0.5, 0.6) is 0 Å². The molecule has 28 heavy (non-hydrogen) atoms. The highest BCUT2D eigenvalue weighted by Gasteiger charge is 2.42. The van der Waals surface area contributed by atoms with Crippen molar-refractivity contribution in [3.8, 4) is 0 Å². The molecule has 0 fully saturated rings. The van der Waals surface area contributed by atoms with Crippen LogP contribution in [0, 0.1) is 0 Å². The van der Waals surface area contributed by atoms with Gasteiger partial charge in [0.15, 0.2) is 5.82 Å². The number of rotatable bonds is 3. The summed E-state index contributed by atoms with van der Waals surface area (Å²) in [6, 6.07) is 11.1. The zero-order valence-electron chi connectivity index (χ0n) is 14.4. The number of nitrogens with zero attached hydrogens (tertiary/aromatic N) is 3. The van der Waals surface area contributed by atoms with Crippen molar-refractivity contribution >= 4 is 17.3 Å². The number of aliphatic hydroxyl groups is 1. The highest BCUT2D eigenvalue weighted by molar-refractivity contribution is 6.04. The third-order valence-corrected chi connectivity index (χ3v) is 4.51. The fraction of sp³-hybridized carbons (Fsp3) is 0.167. The molecule has 0 aliphatic carbocycles. The molecule has 0 aromatic heterocycles. The minimum absolute atomic E-state index is 0.158. The summed E-state index contributed by atoms with van der Waals surface area (Å²) in [6.45, 7) is 0.324. The number of nitrogens with one attached hydrogen (secondary N) is 1. The highest BCUT2D eigenvalue weighted by Crippen LogP contribution is 2.38. The fourth-order valence-corrected chi connectivity index (χ4v) is 3.21. The molecule has 2 aliphatic heterocycles. The number of hydrogen-bond donors (Lipinski definition) is 3. The largest absolute Gasteiger partial charge is 0.491 e. The Morgan fingerprint density at radius 1 is 1.04 bits per heavy atom. The number of para-hydroxylation sites is 1. The number of benzene rings is 2. The quantitative estimate of drug-likeness (QED) is 0.746. The Kier molecular flexibility index (Phi) is 4.16. The number of alkyl halides is 3. The second-order valence-corrected chi connectivity index (χ2v) is 6.23. The summed E-state index contributed by atoms with van der Waals surface area (Å²) in [5.41, 5.74) is 8.92. The summed E-state index contributed by atoms with van der Waals surface area (Å²) in [7, 11) is 0. The molecule has 7 nitrogen and oxygen atoms in total. The summed E-state index contributed by atoms with van der Waals surface area (Å²) in [4.78, 5) is 14.1. The van der Waals surface area contributed by atoms with Crippen molar-refractivity contribution in [3.05, 3.63) is 71.4 Å². The number of anilines is 2. The van der Waals surface area contributed by atoms with Crippen LogP contribution in [-0.2, 0) is 6.18 Å². The Bertz CT molecular complexity index is 958. The number of aliphatic hydroxyl groups excluding tert-OH is 1. The van der Waals surface area contributed by atoms with Crippen molar-refractivity contribution in [2.24, 2.45) is 5.73 Å². The third-order valence-electron chi connectivity index (χ3n) is 4.51. The predicted octanol–water partition coefficient (Wildman–Crippen LogP) is 2.55. The highest BCUT2D eigenvalue weighted by atomic mass is 19.4. The summed E-state index contributed by atoms with van der Waals surface area (Å²) < 4.78 is 38.4. The smallest absolute Gasteiger partial charge is 0.416 e. The summed E-state index contributed by atoms with van der Waals surface area (Å²) in [5, 5.41) is 13.5. The summed E-state index contributed by atoms with van der Waals surface area (Å²) in [6.07, 6.45) is -4.46. The molecule has 0 saturated heterocycles. The summed E-state index contributed by atoms with van der Waals surface area (Å²) in [5.74, 6) is -0.486. The maximum Gasteiger partial charge on any atom is 0.416 e. The fourth-order valence-electron chi connectivity index (χ4n) is 3.21. The molecule has 2 aromatic carbocycles. The SMILES string of the molecule is NCCN1C(=O)c2ccccc2N2NN(c3ccc(C(F)(F)F)cc3)C(O)=C12. The number of hydrogen-bond acceptors (Lipinski definition) is 6. The van der Waals surface area contributed by atoms with Crippen LogP contribution < -0.4 is 21.3 Å². The van der Waals surface area contributed by atoms with Gasteiger partial charge in [0.2, 0.25) is 0 Å². The Labute approximate surface area is 158 Å². The molecule has 10 heteroatoms. The molecular weight excluding hydrogens is 375 g/mol. The van der Waals surface area contributed by atoms with Gasteiger partial charge < -0.3 is 10.8 Å².